The number of carbonyl (C=O) groups is 1. The van der Waals surface area contributed by atoms with E-state index in [1.54, 1.807) is 0 Å². The third kappa shape index (κ3) is 3.63. The molecule has 3 rings (SSSR count). The Morgan fingerprint density at radius 3 is 2.67 bits per heavy atom. The van der Waals surface area contributed by atoms with Gasteiger partial charge in [0.05, 0.1) is 12.1 Å². The first kappa shape index (κ1) is 14.5. The molecule has 1 aromatic rings. The topological polar surface area (TPSA) is 61.4 Å². The lowest BCUT2D eigenvalue weighted by molar-refractivity contribution is -0.123. The molecule has 4 heteroatoms. The van der Waals surface area contributed by atoms with E-state index in [4.69, 9.17) is 0 Å². The molecule has 0 aromatic heterocycles. The minimum atomic E-state index is -0.131. The monoisotopic (exact) mass is 288 g/mol. The maximum atomic E-state index is 12.3. The van der Waals surface area contributed by atoms with Crippen molar-refractivity contribution in [2.24, 2.45) is 5.92 Å². The second-order valence-corrected chi connectivity index (χ2v) is 6.33. The van der Waals surface area contributed by atoms with Crippen LogP contribution in [0.5, 0.6) is 0 Å². The van der Waals surface area contributed by atoms with Crippen LogP contribution in [0.25, 0.3) is 0 Å². The summed E-state index contributed by atoms with van der Waals surface area (Å²) in [5.41, 5.74) is 2.57. The molecule has 21 heavy (non-hydrogen) atoms. The highest BCUT2D eigenvalue weighted by molar-refractivity contribution is 5.82. The third-order valence-corrected chi connectivity index (χ3v) is 4.78. The number of amides is 1. The summed E-state index contributed by atoms with van der Waals surface area (Å²) in [4.78, 5) is 12.3. The molecule has 0 bridgehead atoms. The lowest BCUT2D eigenvalue weighted by Gasteiger charge is -2.28. The molecular formula is C17H24N2O2. The molecule has 1 aromatic carbocycles. The van der Waals surface area contributed by atoms with Crippen LogP contribution >= 0.6 is 0 Å². The molecule has 3 N–H and O–H groups in total. The summed E-state index contributed by atoms with van der Waals surface area (Å²) >= 11 is 0. The molecule has 0 radical (unpaired) electrons. The van der Waals surface area contributed by atoms with Gasteiger partial charge in [-0.1, -0.05) is 24.3 Å². The van der Waals surface area contributed by atoms with Crippen molar-refractivity contribution in [3.63, 3.8) is 0 Å². The number of nitrogens with one attached hydrogen (secondary N) is 2. The Bertz CT molecular complexity index is 495. The summed E-state index contributed by atoms with van der Waals surface area (Å²) in [7, 11) is 0. The fourth-order valence-corrected chi connectivity index (χ4v) is 3.36. The van der Waals surface area contributed by atoms with Gasteiger partial charge in [0.25, 0.3) is 0 Å². The van der Waals surface area contributed by atoms with Crippen LogP contribution < -0.4 is 10.6 Å². The van der Waals surface area contributed by atoms with Crippen molar-refractivity contribution in [2.45, 2.75) is 50.8 Å². The van der Waals surface area contributed by atoms with Crippen LogP contribution in [0.4, 0.5) is 0 Å². The van der Waals surface area contributed by atoms with Gasteiger partial charge in [-0.15, -0.1) is 0 Å². The third-order valence-electron chi connectivity index (χ3n) is 4.78. The van der Waals surface area contributed by atoms with Crippen molar-refractivity contribution in [3.05, 3.63) is 35.4 Å². The van der Waals surface area contributed by atoms with E-state index >= 15 is 0 Å². The van der Waals surface area contributed by atoms with Gasteiger partial charge in [0, 0.05) is 13.1 Å². The summed E-state index contributed by atoms with van der Waals surface area (Å²) in [5, 5.41) is 15.9. The highest BCUT2D eigenvalue weighted by Gasteiger charge is 2.25. The van der Waals surface area contributed by atoms with E-state index in [0.717, 1.165) is 45.2 Å². The van der Waals surface area contributed by atoms with Gasteiger partial charge in [-0.2, -0.15) is 0 Å². The Balaban J connectivity index is 1.48. The fourth-order valence-electron chi connectivity index (χ4n) is 3.36. The number of fused-ring (bicyclic) bond motifs is 1. The van der Waals surface area contributed by atoms with Crippen LogP contribution in [-0.2, 0) is 17.8 Å². The van der Waals surface area contributed by atoms with E-state index in [-0.39, 0.29) is 18.1 Å². The minimum absolute atomic E-state index is 0.107. The fraction of sp³-hybridized carbons (Fsp3) is 0.588. The molecule has 0 spiro atoms. The van der Waals surface area contributed by atoms with Crippen molar-refractivity contribution in [2.75, 3.05) is 6.54 Å². The standard InChI is InChI=1S/C17H24N2O2/c20-15-7-5-12(6-8-15)10-19-17(21)16-9-13-3-1-2-4-14(13)11-18-16/h1-4,12,15-16,18,20H,5-11H2,(H,19,21)/t12?,15?,16-/m1/s1. The number of rotatable bonds is 3. The normalized spacial score (nSPS) is 28.7. The molecule has 1 aliphatic carbocycles. The van der Waals surface area contributed by atoms with Gasteiger partial charge in [0.2, 0.25) is 5.91 Å². The number of aliphatic hydroxyl groups excluding tert-OH is 1. The average Bonchev–Trinajstić information content (AvgIpc) is 2.53. The summed E-state index contributed by atoms with van der Waals surface area (Å²) in [6.07, 6.45) is 4.41. The maximum absolute atomic E-state index is 12.3. The molecule has 1 fully saturated rings. The highest BCUT2D eigenvalue weighted by atomic mass is 16.3. The Kier molecular flexibility index (Phi) is 4.56. The van der Waals surface area contributed by atoms with Crippen LogP contribution in [0.2, 0.25) is 0 Å². The molecule has 0 unspecified atom stereocenters. The van der Waals surface area contributed by atoms with E-state index < -0.39 is 0 Å². The smallest absolute Gasteiger partial charge is 0.237 e. The lowest BCUT2D eigenvalue weighted by atomic mass is 9.87. The van der Waals surface area contributed by atoms with Crippen LogP contribution in [0.15, 0.2) is 24.3 Å². The molecule has 1 saturated carbocycles. The minimum Gasteiger partial charge on any atom is -0.393 e. The molecule has 1 atom stereocenters. The molecule has 4 nitrogen and oxygen atoms in total. The van der Waals surface area contributed by atoms with Crippen molar-refractivity contribution in [1.29, 1.82) is 0 Å². The number of benzene rings is 1. The molecule has 1 amide bonds. The van der Waals surface area contributed by atoms with Gasteiger partial charge < -0.3 is 15.7 Å². The zero-order chi connectivity index (χ0) is 14.7. The second kappa shape index (κ2) is 6.58. The number of hydrogen-bond acceptors (Lipinski definition) is 3. The van der Waals surface area contributed by atoms with Crippen molar-refractivity contribution in [3.8, 4) is 0 Å². The first-order valence-electron chi connectivity index (χ1n) is 7.98. The summed E-state index contributed by atoms with van der Waals surface area (Å²) in [5.74, 6) is 0.629. The van der Waals surface area contributed by atoms with Gasteiger partial charge >= 0.3 is 0 Å². The highest BCUT2D eigenvalue weighted by Crippen LogP contribution is 2.23. The molecular weight excluding hydrogens is 264 g/mol. The van der Waals surface area contributed by atoms with Crippen molar-refractivity contribution in [1.82, 2.24) is 10.6 Å². The molecule has 2 aliphatic rings. The first-order chi connectivity index (χ1) is 10.2. The molecule has 0 saturated heterocycles. The van der Waals surface area contributed by atoms with Gasteiger partial charge in [-0.3, -0.25) is 4.79 Å². The summed E-state index contributed by atoms with van der Waals surface area (Å²) in [6, 6.07) is 8.18. The molecule has 1 heterocycles. The number of hydrogen-bond donors (Lipinski definition) is 3. The predicted molar refractivity (Wildman–Crippen MR) is 81.7 cm³/mol. The summed E-state index contributed by atoms with van der Waals surface area (Å²) < 4.78 is 0. The Morgan fingerprint density at radius 2 is 1.90 bits per heavy atom. The van der Waals surface area contributed by atoms with Crippen LogP contribution in [0.1, 0.15) is 36.8 Å². The average molecular weight is 288 g/mol. The van der Waals surface area contributed by atoms with Gasteiger partial charge in [0.15, 0.2) is 0 Å². The van der Waals surface area contributed by atoms with E-state index in [9.17, 15) is 9.90 Å². The Hall–Kier alpha value is -1.39. The Morgan fingerprint density at radius 1 is 1.19 bits per heavy atom. The van der Waals surface area contributed by atoms with Gasteiger partial charge in [-0.25, -0.2) is 0 Å². The maximum Gasteiger partial charge on any atom is 0.237 e. The van der Waals surface area contributed by atoms with E-state index in [1.807, 2.05) is 12.1 Å². The zero-order valence-corrected chi connectivity index (χ0v) is 12.3. The van der Waals surface area contributed by atoms with E-state index in [0.29, 0.717) is 5.92 Å². The second-order valence-electron chi connectivity index (χ2n) is 6.33. The van der Waals surface area contributed by atoms with Crippen LogP contribution in [-0.4, -0.2) is 29.7 Å². The molecule has 1 aliphatic heterocycles. The lowest BCUT2D eigenvalue weighted by Crippen LogP contribution is -2.48. The van der Waals surface area contributed by atoms with Gasteiger partial charge in [-0.05, 0) is 49.1 Å². The SMILES string of the molecule is O=C(NCC1CCC(O)CC1)[C@H]1Cc2ccccc2CN1. The van der Waals surface area contributed by atoms with E-state index in [2.05, 4.69) is 22.8 Å². The quantitative estimate of drug-likeness (QED) is 0.787. The van der Waals surface area contributed by atoms with Crippen LogP contribution in [0.3, 0.4) is 0 Å². The van der Waals surface area contributed by atoms with Gasteiger partial charge in [0.1, 0.15) is 0 Å². The van der Waals surface area contributed by atoms with Crippen LogP contribution in [0, 0.1) is 5.92 Å². The largest absolute Gasteiger partial charge is 0.393 e. The van der Waals surface area contributed by atoms with Crippen molar-refractivity contribution < 1.29 is 9.90 Å². The predicted octanol–water partition coefficient (Wildman–Crippen LogP) is 1.37. The first-order valence-corrected chi connectivity index (χ1v) is 7.98. The number of aliphatic hydroxyl groups is 1. The van der Waals surface area contributed by atoms with Crippen molar-refractivity contribution >= 4 is 5.91 Å². The number of carbonyl (C=O) groups excluding carboxylic acids is 1. The summed E-state index contributed by atoms with van der Waals surface area (Å²) in [6.45, 7) is 1.51. The molecule has 114 valence electrons. The van der Waals surface area contributed by atoms with E-state index in [1.165, 1.54) is 11.1 Å². The Labute approximate surface area is 125 Å². The zero-order valence-electron chi connectivity index (χ0n) is 12.3.